The number of pyridine rings is 1. The summed E-state index contributed by atoms with van der Waals surface area (Å²) in [6, 6.07) is 16.2. The molecule has 1 atom stereocenters. The molecule has 0 aliphatic heterocycles. The van der Waals surface area contributed by atoms with E-state index < -0.39 is 0 Å². The first-order valence-corrected chi connectivity index (χ1v) is 10.3. The van der Waals surface area contributed by atoms with Gasteiger partial charge >= 0.3 is 0 Å². The average Bonchev–Trinajstić information content (AvgIpc) is 3.28. The van der Waals surface area contributed by atoms with Crippen LogP contribution >= 0.6 is 35.3 Å². The molecule has 3 rings (SSSR count). The molecule has 0 fully saturated rings. The molecule has 0 radical (unpaired) electrons. The molecule has 5 nitrogen and oxygen atoms in total. The van der Waals surface area contributed by atoms with Crippen LogP contribution in [0.3, 0.4) is 0 Å². The summed E-state index contributed by atoms with van der Waals surface area (Å²) in [4.78, 5) is 8.70. The van der Waals surface area contributed by atoms with Crippen LogP contribution in [-0.2, 0) is 13.2 Å². The third kappa shape index (κ3) is 7.32. The van der Waals surface area contributed by atoms with Gasteiger partial charge in [0.25, 0.3) is 0 Å². The Bertz CT molecular complexity index is 872. The number of nitrogens with one attached hydrogen (secondary N) is 2. The van der Waals surface area contributed by atoms with Crippen LogP contribution in [0.25, 0.3) is 0 Å². The van der Waals surface area contributed by atoms with Gasteiger partial charge in [0, 0.05) is 31.9 Å². The maximum absolute atomic E-state index is 5.93. The Kier molecular flexibility index (Phi) is 9.93. The minimum Gasteiger partial charge on any atom is -0.473 e. The molecule has 0 aliphatic rings. The molecule has 0 bridgehead atoms. The van der Waals surface area contributed by atoms with Crippen LogP contribution in [0.5, 0.6) is 5.88 Å². The summed E-state index contributed by atoms with van der Waals surface area (Å²) in [7, 11) is 1.78. The molecule has 2 heterocycles. The zero-order chi connectivity index (χ0) is 19.6. The Morgan fingerprint density at radius 1 is 1.14 bits per heavy atom. The lowest BCUT2D eigenvalue weighted by Gasteiger charge is -2.16. The van der Waals surface area contributed by atoms with Crippen molar-refractivity contribution in [3.8, 4) is 5.88 Å². The molecule has 0 saturated heterocycles. The van der Waals surface area contributed by atoms with Crippen molar-refractivity contribution in [3.63, 3.8) is 0 Å². The summed E-state index contributed by atoms with van der Waals surface area (Å²) in [5, 5.41) is 11.0. The van der Waals surface area contributed by atoms with Crippen LogP contribution in [0.15, 0.2) is 70.5 Å². The van der Waals surface area contributed by atoms with Crippen molar-refractivity contribution in [2.24, 2.45) is 4.99 Å². The highest BCUT2D eigenvalue weighted by atomic mass is 127. The van der Waals surface area contributed by atoms with Gasteiger partial charge in [-0.25, -0.2) is 4.98 Å². The predicted molar refractivity (Wildman–Crippen MR) is 131 cm³/mol. The summed E-state index contributed by atoms with van der Waals surface area (Å²) < 4.78 is 5.93. The van der Waals surface area contributed by atoms with Crippen LogP contribution in [-0.4, -0.2) is 24.5 Å². The van der Waals surface area contributed by atoms with E-state index in [-0.39, 0.29) is 24.0 Å². The Morgan fingerprint density at radius 3 is 2.69 bits per heavy atom. The number of rotatable bonds is 8. The van der Waals surface area contributed by atoms with E-state index in [1.807, 2.05) is 42.5 Å². The third-order valence-electron chi connectivity index (χ3n) is 4.43. The minimum absolute atomic E-state index is 0. The molecule has 29 heavy (non-hydrogen) atoms. The molecular formula is C22H27IN4OS. The van der Waals surface area contributed by atoms with Crippen LogP contribution in [0.1, 0.15) is 29.5 Å². The van der Waals surface area contributed by atoms with Gasteiger partial charge < -0.3 is 15.4 Å². The highest BCUT2D eigenvalue weighted by Gasteiger charge is 2.09. The number of thiophene rings is 1. The largest absolute Gasteiger partial charge is 0.473 e. The van der Waals surface area contributed by atoms with Crippen molar-refractivity contribution in [2.75, 3.05) is 13.6 Å². The maximum Gasteiger partial charge on any atom is 0.218 e. The summed E-state index contributed by atoms with van der Waals surface area (Å²) in [6.07, 6.45) is 1.75. The standard InChI is InChI=1S/C22H26N4OS.HI/c1-17(20-10-12-28-16-20)13-25-22(23-2)26-14-19-9-6-11-24-21(19)27-15-18-7-4-3-5-8-18;/h3-12,16-17H,13-15H2,1-2H3,(H2,23,25,26);1H. The zero-order valence-corrected chi connectivity index (χ0v) is 19.8. The lowest BCUT2D eigenvalue weighted by Crippen LogP contribution is -2.38. The zero-order valence-electron chi connectivity index (χ0n) is 16.7. The van der Waals surface area contributed by atoms with Crippen molar-refractivity contribution >= 4 is 41.3 Å². The van der Waals surface area contributed by atoms with Crippen LogP contribution in [0, 0.1) is 0 Å². The normalized spacial score (nSPS) is 12.0. The van der Waals surface area contributed by atoms with E-state index in [9.17, 15) is 0 Å². The molecule has 2 aromatic heterocycles. The van der Waals surface area contributed by atoms with Gasteiger partial charge in [-0.15, -0.1) is 24.0 Å². The second kappa shape index (κ2) is 12.4. The lowest BCUT2D eigenvalue weighted by atomic mass is 10.1. The molecule has 7 heteroatoms. The summed E-state index contributed by atoms with van der Waals surface area (Å²) in [5.41, 5.74) is 3.45. The van der Waals surface area contributed by atoms with Crippen molar-refractivity contribution in [3.05, 3.63) is 82.2 Å². The molecule has 3 aromatic rings. The quantitative estimate of drug-likeness (QED) is 0.253. The topological polar surface area (TPSA) is 58.5 Å². The number of benzene rings is 1. The molecular weight excluding hydrogens is 495 g/mol. The van der Waals surface area contributed by atoms with Gasteiger partial charge in [0.2, 0.25) is 5.88 Å². The molecule has 2 N–H and O–H groups in total. The second-order valence-electron chi connectivity index (χ2n) is 6.51. The Hall–Kier alpha value is -2.13. The molecule has 0 saturated carbocycles. The van der Waals surface area contributed by atoms with E-state index in [4.69, 9.17) is 4.74 Å². The second-order valence-corrected chi connectivity index (χ2v) is 7.29. The van der Waals surface area contributed by atoms with Gasteiger partial charge in [0.15, 0.2) is 5.96 Å². The summed E-state index contributed by atoms with van der Waals surface area (Å²) in [5.74, 6) is 1.83. The SMILES string of the molecule is CN=C(NCc1cccnc1OCc1ccccc1)NCC(C)c1ccsc1.I. The van der Waals surface area contributed by atoms with E-state index in [0.717, 1.165) is 23.6 Å². The fourth-order valence-corrected chi connectivity index (χ4v) is 3.52. The maximum atomic E-state index is 5.93. The highest BCUT2D eigenvalue weighted by Crippen LogP contribution is 2.17. The van der Waals surface area contributed by atoms with E-state index >= 15 is 0 Å². The van der Waals surface area contributed by atoms with Gasteiger partial charge in [-0.3, -0.25) is 4.99 Å². The van der Waals surface area contributed by atoms with E-state index in [0.29, 0.717) is 24.9 Å². The van der Waals surface area contributed by atoms with E-state index in [2.05, 4.69) is 44.4 Å². The molecule has 0 spiro atoms. The molecule has 0 amide bonds. The first kappa shape index (κ1) is 23.2. The molecule has 0 aliphatic carbocycles. The summed E-state index contributed by atoms with van der Waals surface area (Å²) >= 11 is 1.73. The van der Waals surface area contributed by atoms with Crippen LogP contribution < -0.4 is 15.4 Å². The van der Waals surface area contributed by atoms with Crippen molar-refractivity contribution < 1.29 is 4.74 Å². The molecule has 154 valence electrons. The number of hydrogen-bond acceptors (Lipinski definition) is 4. The Balaban J connectivity index is 0.00000300. The number of ether oxygens (including phenoxy) is 1. The van der Waals surface area contributed by atoms with Gasteiger partial charge in [-0.1, -0.05) is 43.3 Å². The third-order valence-corrected chi connectivity index (χ3v) is 5.13. The van der Waals surface area contributed by atoms with Crippen molar-refractivity contribution in [2.45, 2.75) is 26.0 Å². The average molecular weight is 522 g/mol. The van der Waals surface area contributed by atoms with Crippen molar-refractivity contribution in [1.82, 2.24) is 15.6 Å². The van der Waals surface area contributed by atoms with E-state index in [1.165, 1.54) is 5.56 Å². The fourth-order valence-electron chi connectivity index (χ4n) is 2.74. The van der Waals surface area contributed by atoms with Gasteiger partial charge in [-0.2, -0.15) is 11.3 Å². The number of aliphatic imine (C=N–C) groups is 1. The number of hydrogen-bond donors (Lipinski definition) is 2. The molecule has 1 unspecified atom stereocenters. The Labute approximate surface area is 193 Å². The number of guanidine groups is 1. The van der Waals surface area contributed by atoms with E-state index in [1.54, 1.807) is 24.6 Å². The summed E-state index contributed by atoms with van der Waals surface area (Å²) in [6.45, 7) is 4.11. The van der Waals surface area contributed by atoms with Gasteiger partial charge in [0.05, 0.1) is 0 Å². The smallest absolute Gasteiger partial charge is 0.218 e. The number of halogens is 1. The van der Waals surface area contributed by atoms with Gasteiger partial charge in [-0.05, 0) is 39.9 Å². The van der Waals surface area contributed by atoms with Crippen LogP contribution in [0.2, 0.25) is 0 Å². The first-order chi connectivity index (χ1) is 13.8. The first-order valence-electron chi connectivity index (χ1n) is 9.33. The lowest BCUT2D eigenvalue weighted by molar-refractivity contribution is 0.290. The van der Waals surface area contributed by atoms with Crippen molar-refractivity contribution in [1.29, 1.82) is 0 Å². The monoisotopic (exact) mass is 522 g/mol. The number of aromatic nitrogens is 1. The molecule has 1 aromatic carbocycles. The van der Waals surface area contributed by atoms with Gasteiger partial charge in [0.1, 0.15) is 6.61 Å². The van der Waals surface area contributed by atoms with Crippen LogP contribution in [0.4, 0.5) is 0 Å². The minimum atomic E-state index is 0. The predicted octanol–water partition coefficient (Wildman–Crippen LogP) is 4.81. The number of nitrogens with zero attached hydrogens (tertiary/aromatic N) is 2. The highest BCUT2D eigenvalue weighted by molar-refractivity contribution is 14.0. The Morgan fingerprint density at radius 2 is 1.97 bits per heavy atom. The fraction of sp³-hybridized carbons (Fsp3) is 0.273.